The fourth-order valence-electron chi connectivity index (χ4n) is 3.00. The monoisotopic (exact) mass is 325 g/mol. The highest BCUT2D eigenvalue weighted by atomic mass is 79.9. The largest absolute Gasteiger partial charge is 0.375 e. The van der Waals surface area contributed by atoms with E-state index >= 15 is 0 Å². The van der Waals surface area contributed by atoms with Gasteiger partial charge in [-0.15, -0.1) is 0 Å². The molecule has 0 saturated carbocycles. The number of hydrogen-bond acceptors (Lipinski definition) is 2. The van der Waals surface area contributed by atoms with E-state index in [9.17, 15) is 0 Å². The van der Waals surface area contributed by atoms with Crippen molar-refractivity contribution < 1.29 is 4.74 Å². The van der Waals surface area contributed by atoms with E-state index in [0.29, 0.717) is 24.3 Å². The maximum atomic E-state index is 5.81. The van der Waals surface area contributed by atoms with Crippen LogP contribution < -0.4 is 5.32 Å². The summed E-state index contributed by atoms with van der Waals surface area (Å²) in [6, 6.07) is 9.60. The number of hydrogen-bond donors (Lipinski definition) is 1. The van der Waals surface area contributed by atoms with Crippen LogP contribution in [0.1, 0.15) is 51.6 Å². The summed E-state index contributed by atoms with van der Waals surface area (Å²) in [5, 5.41) is 3.81. The first kappa shape index (κ1) is 15.0. The molecule has 0 amide bonds. The van der Waals surface area contributed by atoms with Gasteiger partial charge in [-0.05, 0) is 50.8 Å². The second-order valence-corrected chi connectivity index (χ2v) is 6.52. The third-order valence-corrected chi connectivity index (χ3v) is 4.29. The van der Waals surface area contributed by atoms with Crippen molar-refractivity contribution in [3.63, 3.8) is 0 Å². The van der Waals surface area contributed by atoms with Crippen molar-refractivity contribution in [2.45, 2.75) is 64.3 Å². The fraction of sp³-hybridized carbons (Fsp3) is 0.625. The zero-order valence-corrected chi connectivity index (χ0v) is 13.6. The Balaban J connectivity index is 2.02. The highest BCUT2D eigenvalue weighted by Gasteiger charge is 2.26. The van der Waals surface area contributed by atoms with E-state index in [2.05, 4.69) is 66.3 Å². The Bertz CT molecular complexity index is 399. The number of halogens is 1. The van der Waals surface area contributed by atoms with Crippen LogP contribution in [0.4, 0.5) is 0 Å². The summed E-state index contributed by atoms with van der Waals surface area (Å²) >= 11 is 3.56. The lowest BCUT2D eigenvalue weighted by Gasteiger charge is -2.35. The van der Waals surface area contributed by atoms with Crippen molar-refractivity contribution >= 4 is 15.9 Å². The summed E-state index contributed by atoms with van der Waals surface area (Å²) in [6.07, 6.45) is 4.04. The molecule has 0 radical (unpaired) electrons. The smallest absolute Gasteiger partial charge is 0.0565 e. The normalized spacial score (nSPS) is 29.2. The minimum Gasteiger partial charge on any atom is -0.375 e. The van der Waals surface area contributed by atoms with Gasteiger partial charge in [0.15, 0.2) is 0 Å². The summed E-state index contributed by atoms with van der Waals surface area (Å²) in [5.41, 5.74) is 1.36. The highest BCUT2D eigenvalue weighted by molar-refractivity contribution is 9.10. The second-order valence-electron chi connectivity index (χ2n) is 5.61. The van der Waals surface area contributed by atoms with E-state index in [0.717, 1.165) is 23.7 Å². The number of ether oxygens (including phenoxy) is 1. The summed E-state index contributed by atoms with van der Waals surface area (Å²) in [5.74, 6) is 0. The molecule has 0 bridgehead atoms. The average molecular weight is 326 g/mol. The Morgan fingerprint density at radius 3 is 2.58 bits per heavy atom. The molecule has 1 aliphatic rings. The van der Waals surface area contributed by atoms with Gasteiger partial charge in [-0.3, -0.25) is 0 Å². The van der Waals surface area contributed by atoms with Crippen molar-refractivity contribution in [2.24, 2.45) is 0 Å². The molecule has 0 aromatic heterocycles. The molecule has 0 spiro atoms. The van der Waals surface area contributed by atoms with Gasteiger partial charge in [0.2, 0.25) is 0 Å². The van der Waals surface area contributed by atoms with Gasteiger partial charge in [0.05, 0.1) is 12.2 Å². The van der Waals surface area contributed by atoms with Gasteiger partial charge in [0, 0.05) is 16.6 Å². The average Bonchev–Trinajstić information content (AvgIpc) is 2.34. The van der Waals surface area contributed by atoms with Gasteiger partial charge in [0.1, 0.15) is 0 Å². The van der Waals surface area contributed by atoms with Crippen molar-refractivity contribution in [3.05, 3.63) is 34.3 Å². The van der Waals surface area contributed by atoms with Crippen LogP contribution in [0.5, 0.6) is 0 Å². The Hall–Kier alpha value is -0.380. The van der Waals surface area contributed by atoms with E-state index in [1.165, 1.54) is 5.56 Å². The van der Waals surface area contributed by atoms with Crippen LogP contribution in [-0.4, -0.2) is 18.2 Å². The van der Waals surface area contributed by atoms with E-state index in [1.54, 1.807) is 0 Å². The number of rotatable bonds is 4. The molecule has 1 N–H and O–H groups in total. The van der Waals surface area contributed by atoms with Crippen LogP contribution in [0.2, 0.25) is 0 Å². The first-order valence-electron chi connectivity index (χ1n) is 7.25. The molecule has 1 fully saturated rings. The lowest BCUT2D eigenvalue weighted by molar-refractivity contribution is -0.0437. The first-order valence-corrected chi connectivity index (χ1v) is 8.04. The zero-order valence-electron chi connectivity index (χ0n) is 12.0. The highest BCUT2D eigenvalue weighted by Crippen LogP contribution is 2.25. The van der Waals surface area contributed by atoms with Crippen LogP contribution in [0.3, 0.4) is 0 Å². The van der Waals surface area contributed by atoms with E-state index in [4.69, 9.17) is 4.74 Å². The van der Waals surface area contributed by atoms with Crippen LogP contribution in [0.25, 0.3) is 0 Å². The van der Waals surface area contributed by atoms with Gasteiger partial charge in [0.25, 0.3) is 0 Å². The maximum Gasteiger partial charge on any atom is 0.0565 e. The van der Waals surface area contributed by atoms with Crippen molar-refractivity contribution in [3.8, 4) is 0 Å². The van der Waals surface area contributed by atoms with Crippen molar-refractivity contribution in [1.82, 2.24) is 5.32 Å². The third kappa shape index (κ3) is 4.30. The van der Waals surface area contributed by atoms with Gasteiger partial charge >= 0.3 is 0 Å². The molecular weight excluding hydrogens is 302 g/mol. The van der Waals surface area contributed by atoms with Gasteiger partial charge < -0.3 is 10.1 Å². The molecule has 1 aliphatic heterocycles. The van der Waals surface area contributed by atoms with Gasteiger partial charge in [-0.25, -0.2) is 0 Å². The molecule has 1 unspecified atom stereocenters. The predicted octanol–water partition coefficient (Wildman–Crippen LogP) is 4.45. The predicted molar refractivity (Wildman–Crippen MR) is 83.3 cm³/mol. The van der Waals surface area contributed by atoms with Gasteiger partial charge in [-0.1, -0.05) is 35.0 Å². The summed E-state index contributed by atoms with van der Waals surface area (Å²) in [7, 11) is 0. The standard InChI is InChI=1S/C16H24BrNO/c1-4-16(13-6-5-7-14(17)10-13)18-15-8-11(2)19-12(3)9-15/h5-7,10-12,15-16,18H,4,8-9H2,1-3H3/t11-,12+,15?,16-/m0/s1. The van der Waals surface area contributed by atoms with Crippen molar-refractivity contribution in [1.29, 1.82) is 0 Å². The molecule has 4 atom stereocenters. The third-order valence-electron chi connectivity index (χ3n) is 3.79. The van der Waals surface area contributed by atoms with Crippen LogP contribution in [0.15, 0.2) is 28.7 Å². The summed E-state index contributed by atoms with van der Waals surface area (Å²) in [6.45, 7) is 6.58. The quantitative estimate of drug-likeness (QED) is 0.883. The summed E-state index contributed by atoms with van der Waals surface area (Å²) < 4.78 is 6.96. The molecule has 0 aliphatic carbocycles. The molecular formula is C16H24BrNO. The van der Waals surface area contributed by atoms with Crippen LogP contribution in [0, 0.1) is 0 Å². The maximum absolute atomic E-state index is 5.81. The first-order chi connectivity index (χ1) is 9.08. The summed E-state index contributed by atoms with van der Waals surface area (Å²) in [4.78, 5) is 0. The Morgan fingerprint density at radius 1 is 1.32 bits per heavy atom. The van der Waals surface area contributed by atoms with E-state index in [1.807, 2.05) is 0 Å². The van der Waals surface area contributed by atoms with E-state index in [-0.39, 0.29) is 0 Å². The molecule has 2 nitrogen and oxygen atoms in total. The van der Waals surface area contributed by atoms with E-state index < -0.39 is 0 Å². The van der Waals surface area contributed by atoms with Crippen LogP contribution in [-0.2, 0) is 4.74 Å². The van der Waals surface area contributed by atoms with Crippen molar-refractivity contribution in [2.75, 3.05) is 0 Å². The van der Waals surface area contributed by atoms with Crippen LogP contribution >= 0.6 is 15.9 Å². The molecule has 19 heavy (non-hydrogen) atoms. The molecule has 1 aromatic rings. The molecule has 3 heteroatoms. The lowest BCUT2D eigenvalue weighted by atomic mass is 9.96. The molecule has 2 rings (SSSR count). The molecule has 1 heterocycles. The number of benzene rings is 1. The minimum atomic E-state index is 0.362. The topological polar surface area (TPSA) is 21.3 Å². The molecule has 106 valence electrons. The van der Waals surface area contributed by atoms with Gasteiger partial charge in [-0.2, -0.15) is 0 Å². The molecule has 1 aromatic carbocycles. The number of nitrogens with one attached hydrogen (secondary N) is 1. The fourth-order valence-corrected chi connectivity index (χ4v) is 3.42. The lowest BCUT2D eigenvalue weighted by Crippen LogP contribution is -2.42. The Labute approximate surface area is 125 Å². The zero-order chi connectivity index (χ0) is 13.8. The molecule has 1 saturated heterocycles. The Kier molecular flexibility index (Phi) is 5.43. The SMILES string of the molecule is CC[C@H](NC1C[C@@H](C)O[C@@H](C)C1)c1cccc(Br)c1. The second kappa shape index (κ2) is 6.87. The Morgan fingerprint density at radius 2 is 2.00 bits per heavy atom. The minimum absolute atomic E-state index is 0.362.